The molecule has 0 radical (unpaired) electrons. The molecule has 0 bridgehead atoms. The monoisotopic (exact) mass is 336 g/mol. The van der Waals surface area contributed by atoms with Gasteiger partial charge in [0, 0.05) is 38.9 Å². The highest BCUT2D eigenvalue weighted by atomic mass is 28.4. The fraction of sp³-hybridized carbons (Fsp3) is 1.00. The van der Waals surface area contributed by atoms with Gasteiger partial charge in [0.05, 0.1) is 0 Å². The van der Waals surface area contributed by atoms with Gasteiger partial charge in [-0.25, -0.2) is 0 Å². The molecule has 0 spiro atoms. The minimum absolute atomic E-state index is 0.216. The Balaban J connectivity index is 0. The van der Waals surface area contributed by atoms with Gasteiger partial charge in [-0.2, -0.15) is 13.2 Å². The van der Waals surface area contributed by atoms with E-state index in [1.54, 1.807) is 20.8 Å². The van der Waals surface area contributed by atoms with Crippen LogP contribution in [0.2, 0.25) is 6.04 Å². The quantitative estimate of drug-likeness (QED) is 0.606. The minimum Gasteiger partial charge on any atom is -0.428 e. The lowest BCUT2D eigenvalue weighted by molar-refractivity contribution is -0.133. The van der Waals surface area contributed by atoms with Crippen molar-refractivity contribution in [1.82, 2.24) is 0 Å². The molecule has 0 atom stereocenters. The molecule has 0 N–H and O–H groups in total. The summed E-state index contributed by atoms with van der Waals surface area (Å²) in [6, 6.07) is -0.216. The summed E-state index contributed by atoms with van der Waals surface area (Å²) in [5.41, 5.74) is 0. The van der Waals surface area contributed by atoms with E-state index in [4.69, 9.17) is 13.3 Å². The number of rotatable bonds is 9. The van der Waals surface area contributed by atoms with Crippen LogP contribution >= 0.6 is 0 Å². The third-order valence-corrected chi connectivity index (χ3v) is 5.72. The summed E-state index contributed by atoms with van der Waals surface area (Å²) < 4.78 is 57.1. The van der Waals surface area contributed by atoms with Gasteiger partial charge in [-0.15, -0.1) is 0 Å². The molecule has 4 nitrogen and oxygen atoms in total. The summed E-state index contributed by atoms with van der Waals surface area (Å²) in [6.45, 7) is 8.91. The lowest BCUT2D eigenvalue weighted by atomic mass is 10.5. The van der Waals surface area contributed by atoms with Crippen molar-refractivity contribution < 1.29 is 30.9 Å². The zero-order valence-electron chi connectivity index (χ0n) is 13.0. The third-order valence-electron chi connectivity index (χ3n) is 2.10. The molecular formula is C11H27F3O4Si2. The van der Waals surface area contributed by atoms with E-state index >= 15 is 0 Å². The van der Waals surface area contributed by atoms with Crippen LogP contribution in [0.3, 0.4) is 0 Å². The van der Waals surface area contributed by atoms with Gasteiger partial charge in [0.15, 0.2) is 0 Å². The summed E-state index contributed by atoms with van der Waals surface area (Å²) >= 11 is 0. The molecule has 0 fully saturated rings. The highest BCUT2D eigenvalue weighted by molar-refractivity contribution is 6.60. The molecule has 0 saturated carbocycles. The Morgan fingerprint density at radius 3 is 1.40 bits per heavy atom. The summed E-state index contributed by atoms with van der Waals surface area (Å²) in [5, 5.41) is 0. The maximum Gasteiger partial charge on any atom is 0.501 e. The predicted octanol–water partition coefficient (Wildman–Crippen LogP) is 2.29. The van der Waals surface area contributed by atoms with Crippen LogP contribution < -0.4 is 0 Å². The van der Waals surface area contributed by atoms with Crippen molar-refractivity contribution >= 4 is 19.3 Å². The normalized spacial score (nSPS) is 12.2. The number of hydrogen-bond acceptors (Lipinski definition) is 4. The second kappa shape index (κ2) is 12.8. The van der Waals surface area contributed by atoms with Gasteiger partial charge < -0.3 is 17.7 Å². The molecule has 20 heavy (non-hydrogen) atoms. The molecule has 0 unspecified atom stereocenters. The van der Waals surface area contributed by atoms with Crippen LogP contribution in [0.25, 0.3) is 0 Å². The first-order valence-corrected chi connectivity index (χ1v) is 9.53. The standard InChI is InChI=1S/C9H19F3O3Si.C2H8OSi/c1-4-13-16(14-5-2,15-6-3)8-7-9(10,11)12;1-2-3-4/h4-8H2,1-3H3;2H2,1,4H3. The Bertz CT molecular complexity index is 199. The van der Waals surface area contributed by atoms with Crippen molar-refractivity contribution in [1.29, 1.82) is 0 Å². The van der Waals surface area contributed by atoms with Crippen LogP contribution in [0.1, 0.15) is 34.1 Å². The molecule has 0 aromatic rings. The van der Waals surface area contributed by atoms with Crippen molar-refractivity contribution in [3.05, 3.63) is 0 Å². The molecular weight excluding hydrogens is 309 g/mol. The zero-order valence-corrected chi connectivity index (χ0v) is 16.0. The van der Waals surface area contributed by atoms with Crippen LogP contribution in [0.4, 0.5) is 13.2 Å². The average Bonchev–Trinajstić information content (AvgIpc) is 2.37. The van der Waals surface area contributed by atoms with Gasteiger partial charge in [0.1, 0.15) is 10.5 Å². The van der Waals surface area contributed by atoms with Gasteiger partial charge in [-0.05, 0) is 27.7 Å². The number of halogens is 3. The second-order valence-corrected chi connectivity index (χ2v) is 6.98. The summed E-state index contributed by atoms with van der Waals surface area (Å²) in [7, 11) is -2.24. The van der Waals surface area contributed by atoms with Crippen LogP contribution in [-0.2, 0) is 17.7 Å². The summed E-state index contributed by atoms with van der Waals surface area (Å²) in [6.07, 6.45) is -5.14. The van der Waals surface area contributed by atoms with Crippen LogP contribution in [0.5, 0.6) is 0 Å². The van der Waals surface area contributed by atoms with E-state index in [1.165, 1.54) is 0 Å². The Morgan fingerprint density at radius 1 is 0.850 bits per heavy atom. The van der Waals surface area contributed by atoms with E-state index in [0.29, 0.717) is 19.8 Å². The van der Waals surface area contributed by atoms with Gasteiger partial charge in [-0.3, -0.25) is 0 Å². The van der Waals surface area contributed by atoms with Crippen LogP contribution in [0.15, 0.2) is 0 Å². The molecule has 0 amide bonds. The van der Waals surface area contributed by atoms with Crippen LogP contribution in [-0.4, -0.2) is 51.9 Å². The van der Waals surface area contributed by atoms with Gasteiger partial charge in [-0.1, -0.05) is 0 Å². The Hall–Kier alpha value is 0.0638. The third kappa shape index (κ3) is 13.1. The molecule has 0 aromatic carbocycles. The van der Waals surface area contributed by atoms with Gasteiger partial charge in [0.25, 0.3) is 0 Å². The fourth-order valence-corrected chi connectivity index (χ4v) is 3.89. The summed E-state index contributed by atoms with van der Waals surface area (Å²) in [5.74, 6) is 0. The maximum atomic E-state index is 12.2. The second-order valence-electron chi connectivity index (χ2n) is 3.67. The largest absolute Gasteiger partial charge is 0.501 e. The Kier molecular flexibility index (Phi) is 14.3. The highest BCUT2D eigenvalue weighted by Crippen LogP contribution is 2.27. The molecule has 0 saturated heterocycles. The molecule has 0 aliphatic rings. The zero-order chi connectivity index (χ0) is 16.1. The Morgan fingerprint density at radius 2 is 1.20 bits per heavy atom. The van der Waals surface area contributed by atoms with E-state index < -0.39 is 21.4 Å². The van der Waals surface area contributed by atoms with Crippen molar-refractivity contribution in [2.24, 2.45) is 0 Å². The molecule has 0 rings (SSSR count). The maximum absolute atomic E-state index is 12.2. The van der Waals surface area contributed by atoms with E-state index in [9.17, 15) is 13.2 Å². The molecule has 0 heterocycles. The van der Waals surface area contributed by atoms with Crippen LogP contribution in [0, 0.1) is 0 Å². The molecule has 0 aliphatic carbocycles. The lowest BCUT2D eigenvalue weighted by Crippen LogP contribution is -2.46. The van der Waals surface area contributed by atoms with Crippen molar-refractivity contribution in [3.63, 3.8) is 0 Å². The fourth-order valence-electron chi connectivity index (χ4n) is 1.30. The average molecular weight is 336 g/mol. The Labute approximate surface area is 123 Å². The SMILES string of the molecule is CCO[SiH3].CCO[Si](CCC(F)(F)F)(OCC)OCC. The number of hydrogen-bond donors (Lipinski definition) is 0. The van der Waals surface area contributed by atoms with Crippen molar-refractivity contribution in [2.75, 3.05) is 26.4 Å². The topological polar surface area (TPSA) is 36.9 Å². The molecule has 124 valence electrons. The van der Waals surface area contributed by atoms with E-state index in [0.717, 1.165) is 17.1 Å². The van der Waals surface area contributed by atoms with Crippen molar-refractivity contribution in [3.8, 4) is 0 Å². The van der Waals surface area contributed by atoms with Gasteiger partial charge in [0.2, 0.25) is 0 Å². The number of alkyl halides is 3. The van der Waals surface area contributed by atoms with E-state index in [1.807, 2.05) is 6.92 Å². The predicted molar refractivity (Wildman–Crippen MR) is 77.7 cm³/mol. The smallest absolute Gasteiger partial charge is 0.428 e. The molecule has 9 heteroatoms. The lowest BCUT2D eigenvalue weighted by Gasteiger charge is -2.28. The highest BCUT2D eigenvalue weighted by Gasteiger charge is 2.44. The van der Waals surface area contributed by atoms with Crippen molar-refractivity contribution in [2.45, 2.75) is 46.3 Å². The van der Waals surface area contributed by atoms with Gasteiger partial charge >= 0.3 is 15.0 Å². The van der Waals surface area contributed by atoms with E-state index in [2.05, 4.69) is 4.43 Å². The first kappa shape index (κ1) is 22.3. The first-order chi connectivity index (χ1) is 9.30. The minimum atomic E-state index is -4.20. The summed E-state index contributed by atoms with van der Waals surface area (Å²) in [4.78, 5) is 0. The van der Waals surface area contributed by atoms with E-state index in [-0.39, 0.29) is 6.04 Å². The first-order valence-electron chi connectivity index (χ1n) is 6.78. The molecule has 0 aromatic heterocycles. The molecule has 0 aliphatic heterocycles.